The van der Waals surface area contributed by atoms with Crippen molar-refractivity contribution >= 4 is 11.6 Å². The van der Waals surface area contributed by atoms with Crippen molar-refractivity contribution in [1.29, 1.82) is 0 Å². The van der Waals surface area contributed by atoms with Gasteiger partial charge in [-0.1, -0.05) is 25.4 Å². The van der Waals surface area contributed by atoms with Crippen molar-refractivity contribution in [3.05, 3.63) is 34.6 Å². The van der Waals surface area contributed by atoms with Crippen molar-refractivity contribution in [3.8, 4) is 0 Å². The number of hydrogen-bond acceptors (Lipinski definition) is 1. The molecule has 1 atom stereocenters. The molecule has 1 aromatic rings. The highest BCUT2D eigenvalue weighted by Gasteiger charge is 2.11. The maximum absolute atomic E-state index is 13.0. The Morgan fingerprint density at radius 3 is 2.60 bits per heavy atom. The molecule has 1 rings (SSSR count). The number of rotatable bonds is 4. The van der Waals surface area contributed by atoms with E-state index in [1.807, 2.05) is 0 Å². The van der Waals surface area contributed by atoms with Crippen LogP contribution in [0, 0.1) is 11.7 Å². The van der Waals surface area contributed by atoms with Crippen LogP contribution in [0.4, 0.5) is 4.39 Å². The van der Waals surface area contributed by atoms with E-state index in [1.165, 1.54) is 12.1 Å². The molecular formula is C12H17ClFN. The molecule has 0 saturated carbocycles. The van der Waals surface area contributed by atoms with Crippen LogP contribution in [0.3, 0.4) is 0 Å². The van der Waals surface area contributed by atoms with Crippen LogP contribution in [0.2, 0.25) is 5.02 Å². The van der Waals surface area contributed by atoms with Crippen molar-refractivity contribution in [2.45, 2.75) is 32.7 Å². The van der Waals surface area contributed by atoms with Crippen molar-refractivity contribution in [2.75, 3.05) is 0 Å². The fourth-order valence-corrected chi connectivity index (χ4v) is 1.72. The van der Waals surface area contributed by atoms with Crippen LogP contribution >= 0.6 is 11.6 Å². The summed E-state index contributed by atoms with van der Waals surface area (Å²) < 4.78 is 13.0. The lowest BCUT2D eigenvalue weighted by molar-refractivity contribution is 0.505. The highest BCUT2D eigenvalue weighted by atomic mass is 35.5. The first-order chi connectivity index (χ1) is 7.00. The zero-order valence-electron chi connectivity index (χ0n) is 9.13. The second-order valence-corrected chi connectivity index (χ2v) is 4.65. The van der Waals surface area contributed by atoms with Gasteiger partial charge in [-0.3, -0.25) is 0 Å². The lowest BCUT2D eigenvalue weighted by Gasteiger charge is -2.14. The van der Waals surface area contributed by atoms with Crippen molar-refractivity contribution in [2.24, 2.45) is 11.7 Å². The molecule has 15 heavy (non-hydrogen) atoms. The van der Waals surface area contributed by atoms with E-state index in [1.54, 1.807) is 6.07 Å². The molecule has 1 unspecified atom stereocenters. The maximum Gasteiger partial charge on any atom is 0.123 e. The smallest absolute Gasteiger partial charge is 0.123 e. The van der Waals surface area contributed by atoms with Gasteiger partial charge >= 0.3 is 0 Å². The van der Waals surface area contributed by atoms with Crippen LogP contribution in [0.5, 0.6) is 0 Å². The van der Waals surface area contributed by atoms with E-state index in [4.69, 9.17) is 17.3 Å². The molecule has 0 spiro atoms. The maximum atomic E-state index is 13.0. The van der Waals surface area contributed by atoms with E-state index in [9.17, 15) is 4.39 Å². The van der Waals surface area contributed by atoms with E-state index < -0.39 is 0 Å². The first-order valence-electron chi connectivity index (χ1n) is 5.21. The Balaban J connectivity index is 2.72. The van der Waals surface area contributed by atoms with E-state index in [-0.39, 0.29) is 11.9 Å². The summed E-state index contributed by atoms with van der Waals surface area (Å²) in [6, 6.07) is 4.16. The zero-order valence-corrected chi connectivity index (χ0v) is 9.89. The molecule has 0 aliphatic carbocycles. The first kappa shape index (κ1) is 12.5. The molecule has 0 aromatic heterocycles. The van der Waals surface area contributed by atoms with Gasteiger partial charge in [0.05, 0.1) is 0 Å². The van der Waals surface area contributed by atoms with E-state index in [0.717, 1.165) is 12.8 Å². The topological polar surface area (TPSA) is 26.0 Å². The predicted molar refractivity (Wildman–Crippen MR) is 62.4 cm³/mol. The molecule has 0 amide bonds. The van der Waals surface area contributed by atoms with Crippen LogP contribution in [-0.2, 0) is 0 Å². The summed E-state index contributed by atoms with van der Waals surface area (Å²) in [6.07, 6.45) is 1.86. The molecule has 2 N–H and O–H groups in total. The van der Waals surface area contributed by atoms with Crippen LogP contribution in [0.1, 0.15) is 38.3 Å². The normalized spacial score (nSPS) is 13.2. The molecule has 3 heteroatoms. The van der Waals surface area contributed by atoms with E-state index in [2.05, 4.69) is 13.8 Å². The highest BCUT2D eigenvalue weighted by molar-refractivity contribution is 6.31. The quantitative estimate of drug-likeness (QED) is 0.832. The molecule has 0 radical (unpaired) electrons. The van der Waals surface area contributed by atoms with Crippen LogP contribution < -0.4 is 5.73 Å². The molecule has 84 valence electrons. The Hall–Kier alpha value is -0.600. The Bertz CT molecular complexity index is 325. The fourth-order valence-electron chi connectivity index (χ4n) is 1.47. The predicted octanol–water partition coefficient (Wildman–Crippen LogP) is 3.92. The lowest BCUT2D eigenvalue weighted by atomic mass is 9.98. The molecule has 0 fully saturated rings. The average molecular weight is 230 g/mol. The van der Waals surface area contributed by atoms with Crippen molar-refractivity contribution in [1.82, 2.24) is 0 Å². The minimum Gasteiger partial charge on any atom is -0.324 e. The van der Waals surface area contributed by atoms with Gasteiger partial charge in [0.1, 0.15) is 5.82 Å². The average Bonchev–Trinajstić information content (AvgIpc) is 2.18. The summed E-state index contributed by atoms with van der Waals surface area (Å²) >= 11 is 5.96. The van der Waals surface area contributed by atoms with E-state index >= 15 is 0 Å². The minimum atomic E-state index is -0.283. The van der Waals surface area contributed by atoms with Gasteiger partial charge in [-0.15, -0.1) is 0 Å². The summed E-state index contributed by atoms with van der Waals surface area (Å²) in [7, 11) is 0. The van der Waals surface area contributed by atoms with Crippen LogP contribution in [0.15, 0.2) is 18.2 Å². The number of halogens is 2. The summed E-state index contributed by atoms with van der Waals surface area (Å²) in [5.74, 6) is 0.317. The second-order valence-electron chi connectivity index (χ2n) is 4.24. The van der Waals surface area contributed by atoms with Crippen LogP contribution in [-0.4, -0.2) is 0 Å². The van der Waals surface area contributed by atoms with Crippen molar-refractivity contribution in [3.63, 3.8) is 0 Å². The largest absolute Gasteiger partial charge is 0.324 e. The van der Waals surface area contributed by atoms with Gasteiger partial charge < -0.3 is 5.73 Å². The van der Waals surface area contributed by atoms with Gasteiger partial charge in [0.2, 0.25) is 0 Å². The Kier molecular flexibility index (Phi) is 4.55. The molecule has 0 bridgehead atoms. The molecule has 0 aliphatic rings. The third-order valence-corrected chi connectivity index (χ3v) is 2.76. The zero-order chi connectivity index (χ0) is 11.4. The standard InChI is InChI=1S/C12H17ClFN/c1-8(2)3-6-12(15)10-7-9(14)4-5-11(10)13/h4-5,7-8,12H,3,6,15H2,1-2H3. The third-order valence-electron chi connectivity index (χ3n) is 2.41. The molecule has 0 saturated heterocycles. The Labute approximate surface area is 95.4 Å². The summed E-state index contributed by atoms with van der Waals surface area (Å²) in [4.78, 5) is 0. The number of benzene rings is 1. The molecular weight excluding hydrogens is 213 g/mol. The van der Waals surface area contributed by atoms with Gasteiger partial charge in [0.15, 0.2) is 0 Å². The third kappa shape index (κ3) is 3.80. The van der Waals surface area contributed by atoms with Gasteiger partial charge in [0.25, 0.3) is 0 Å². The Morgan fingerprint density at radius 2 is 2.00 bits per heavy atom. The summed E-state index contributed by atoms with van der Waals surface area (Å²) in [6.45, 7) is 4.28. The van der Waals surface area contributed by atoms with Gasteiger partial charge in [0, 0.05) is 11.1 Å². The monoisotopic (exact) mass is 229 g/mol. The van der Waals surface area contributed by atoms with Gasteiger partial charge in [-0.2, -0.15) is 0 Å². The SMILES string of the molecule is CC(C)CCC(N)c1cc(F)ccc1Cl. The van der Waals surface area contributed by atoms with Gasteiger partial charge in [-0.25, -0.2) is 4.39 Å². The summed E-state index contributed by atoms with van der Waals surface area (Å²) in [5, 5.41) is 0.549. The fraction of sp³-hybridized carbons (Fsp3) is 0.500. The molecule has 1 nitrogen and oxygen atoms in total. The minimum absolute atomic E-state index is 0.171. The highest BCUT2D eigenvalue weighted by Crippen LogP contribution is 2.26. The van der Waals surface area contributed by atoms with Crippen molar-refractivity contribution < 1.29 is 4.39 Å². The van der Waals surface area contributed by atoms with Crippen LogP contribution in [0.25, 0.3) is 0 Å². The van der Waals surface area contributed by atoms with Gasteiger partial charge in [-0.05, 0) is 42.5 Å². The second kappa shape index (κ2) is 5.47. The molecule has 0 aliphatic heterocycles. The summed E-state index contributed by atoms with van der Waals surface area (Å²) in [5.41, 5.74) is 6.67. The molecule has 0 heterocycles. The number of nitrogens with two attached hydrogens (primary N) is 1. The Morgan fingerprint density at radius 1 is 1.33 bits per heavy atom. The molecule has 1 aromatic carbocycles. The number of hydrogen-bond donors (Lipinski definition) is 1. The lowest BCUT2D eigenvalue weighted by Crippen LogP contribution is -2.12. The van der Waals surface area contributed by atoms with E-state index in [0.29, 0.717) is 16.5 Å². The first-order valence-corrected chi connectivity index (χ1v) is 5.59.